The molecule has 0 spiro atoms. The molecule has 0 atom stereocenters. The molecule has 2 aromatic carbocycles. The van der Waals surface area contributed by atoms with Gasteiger partial charge in [0.05, 0.1) is 0 Å². The van der Waals surface area contributed by atoms with Crippen LogP contribution in [0.25, 0.3) is 0 Å². The van der Waals surface area contributed by atoms with Gasteiger partial charge in [-0.1, -0.05) is 0 Å². The van der Waals surface area contributed by atoms with Crippen LogP contribution in [-0.2, 0) is 0 Å². The number of aryl methyl sites for hydroxylation is 1. The number of amides is 2. The van der Waals surface area contributed by atoms with Gasteiger partial charge < -0.3 is 0 Å². The normalized spacial score (nSPS) is 13.8. The third kappa shape index (κ3) is 2.09. The van der Waals surface area contributed by atoms with E-state index in [9.17, 15) is 9.59 Å². The zero-order valence-electron chi connectivity index (χ0n) is 10.3. The van der Waals surface area contributed by atoms with Crippen LogP contribution in [-0.4, -0.2) is 30.9 Å². The molecule has 1 aliphatic heterocycles. The van der Waals surface area contributed by atoms with Crippen molar-refractivity contribution in [1.82, 2.24) is 3.92 Å². The van der Waals surface area contributed by atoms with E-state index in [1.54, 1.807) is 24.3 Å². The number of fused-ring (bicyclic) bond motifs is 1. The van der Waals surface area contributed by atoms with Gasteiger partial charge in [0.25, 0.3) is 0 Å². The van der Waals surface area contributed by atoms with Gasteiger partial charge >= 0.3 is 117 Å². The Bertz CT molecular complexity index is 629. The van der Waals surface area contributed by atoms with Gasteiger partial charge in [-0.2, -0.15) is 0 Å². The first-order chi connectivity index (χ1) is 9.16. The van der Waals surface area contributed by atoms with Crippen molar-refractivity contribution < 1.29 is 9.59 Å². The van der Waals surface area contributed by atoms with Crippen LogP contribution in [0.3, 0.4) is 0 Å². The molecule has 0 radical (unpaired) electrons. The summed E-state index contributed by atoms with van der Waals surface area (Å²) < 4.78 is 2.38. The van der Waals surface area contributed by atoms with E-state index in [1.165, 1.54) is 9.48 Å². The molecule has 0 saturated heterocycles. The van der Waals surface area contributed by atoms with Crippen LogP contribution in [0.2, 0.25) is 0 Å². The number of imide groups is 1. The van der Waals surface area contributed by atoms with Crippen molar-refractivity contribution in [2.24, 2.45) is 0 Å². The van der Waals surface area contributed by atoms with Gasteiger partial charge in [0.15, 0.2) is 0 Å². The first kappa shape index (κ1) is 12.1. The quantitative estimate of drug-likeness (QED) is 0.622. The van der Waals surface area contributed by atoms with E-state index in [1.807, 2.05) is 31.2 Å². The summed E-state index contributed by atoms with van der Waals surface area (Å²) in [6.07, 6.45) is 0. The molecule has 0 N–H and O–H groups in total. The Hall–Kier alpha value is -1.90. The molecular weight excluding hydrogens is 305 g/mol. The number of carbonyl (C=O) groups excluding carboxylic acids is 2. The summed E-state index contributed by atoms with van der Waals surface area (Å²) in [6.45, 7) is 2.01. The van der Waals surface area contributed by atoms with Crippen LogP contribution >= 0.6 is 0 Å². The zero-order valence-corrected chi connectivity index (χ0v) is 12.0. The topological polar surface area (TPSA) is 37.4 Å². The molecule has 0 aromatic heterocycles. The second-order valence-corrected chi connectivity index (χ2v) is 6.49. The van der Waals surface area contributed by atoms with Crippen molar-refractivity contribution in [3.63, 3.8) is 0 Å². The molecular formula is C15H11NO2Se. The van der Waals surface area contributed by atoms with Crippen LogP contribution in [0.15, 0.2) is 48.5 Å². The van der Waals surface area contributed by atoms with Crippen LogP contribution in [0.5, 0.6) is 0 Å². The van der Waals surface area contributed by atoms with Gasteiger partial charge in [0, 0.05) is 0 Å². The van der Waals surface area contributed by atoms with Crippen LogP contribution < -0.4 is 4.46 Å². The summed E-state index contributed by atoms with van der Waals surface area (Å²) in [5.41, 5.74) is 2.20. The summed E-state index contributed by atoms with van der Waals surface area (Å²) in [6, 6.07) is 14.9. The van der Waals surface area contributed by atoms with Crippen molar-refractivity contribution in [3.05, 3.63) is 65.2 Å². The molecule has 2 aromatic rings. The number of carbonyl (C=O) groups is 2. The Morgan fingerprint density at radius 3 is 1.89 bits per heavy atom. The van der Waals surface area contributed by atoms with Gasteiger partial charge in [-0.15, -0.1) is 0 Å². The van der Waals surface area contributed by atoms with Gasteiger partial charge in [-0.3, -0.25) is 0 Å². The predicted molar refractivity (Wildman–Crippen MR) is 73.5 cm³/mol. The van der Waals surface area contributed by atoms with Crippen LogP contribution in [0, 0.1) is 6.92 Å². The Morgan fingerprint density at radius 2 is 1.37 bits per heavy atom. The summed E-state index contributed by atoms with van der Waals surface area (Å²) in [5.74, 6) is -0.359. The Morgan fingerprint density at radius 1 is 0.842 bits per heavy atom. The predicted octanol–water partition coefficient (Wildman–Crippen LogP) is 1.54. The van der Waals surface area contributed by atoms with Crippen LogP contribution in [0.1, 0.15) is 26.3 Å². The van der Waals surface area contributed by atoms with Crippen molar-refractivity contribution in [1.29, 1.82) is 0 Å². The Kier molecular flexibility index (Phi) is 2.97. The molecule has 3 nitrogen and oxygen atoms in total. The van der Waals surface area contributed by atoms with Crippen molar-refractivity contribution in [3.8, 4) is 0 Å². The minimum atomic E-state index is -0.305. The van der Waals surface area contributed by atoms with Crippen molar-refractivity contribution in [2.45, 2.75) is 6.92 Å². The van der Waals surface area contributed by atoms with E-state index in [2.05, 4.69) is 0 Å². The first-order valence-electron chi connectivity index (χ1n) is 5.89. The fraction of sp³-hybridized carbons (Fsp3) is 0.0667. The Labute approximate surface area is 117 Å². The first-order valence-corrected chi connectivity index (χ1v) is 7.51. The average molecular weight is 316 g/mol. The summed E-state index contributed by atoms with van der Waals surface area (Å²) in [4.78, 5) is 24.4. The molecule has 1 aliphatic rings. The minimum absolute atomic E-state index is 0.179. The maximum absolute atomic E-state index is 12.2. The number of benzene rings is 2. The Balaban J connectivity index is 1.90. The molecule has 94 valence electrons. The molecule has 0 aliphatic carbocycles. The average Bonchev–Trinajstić information content (AvgIpc) is 2.67. The van der Waals surface area contributed by atoms with Gasteiger partial charge in [0.2, 0.25) is 0 Å². The maximum atomic E-state index is 12.2. The second-order valence-electron chi connectivity index (χ2n) is 4.35. The van der Waals surface area contributed by atoms with E-state index in [-0.39, 0.29) is 27.0 Å². The van der Waals surface area contributed by atoms with E-state index < -0.39 is 0 Å². The monoisotopic (exact) mass is 317 g/mol. The molecule has 2 amide bonds. The van der Waals surface area contributed by atoms with E-state index in [4.69, 9.17) is 0 Å². The molecule has 0 fully saturated rings. The van der Waals surface area contributed by atoms with Gasteiger partial charge in [-0.25, -0.2) is 0 Å². The van der Waals surface area contributed by atoms with E-state index in [0.717, 1.165) is 4.46 Å². The van der Waals surface area contributed by atoms with Gasteiger partial charge in [0.1, 0.15) is 0 Å². The fourth-order valence-corrected chi connectivity index (χ4v) is 3.70. The summed E-state index contributed by atoms with van der Waals surface area (Å²) in [7, 11) is 0. The zero-order chi connectivity index (χ0) is 13.4. The van der Waals surface area contributed by atoms with E-state index in [0.29, 0.717) is 11.1 Å². The molecule has 0 saturated carbocycles. The number of rotatable bonds is 2. The molecule has 19 heavy (non-hydrogen) atoms. The van der Waals surface area contributed by atoms with Crippen molar-refractivity contribution in [2.75, 3.05) is 0 Å². The molecule has 3 rings (SSSR count). The molecule has 1 heterocycles. The standard InChI is InChI=1S/C15H11NO2Se/c1-10-6-8-11(9-7-10)19-16-14(17)12-4-2-3-5-13(12)15(16)18/h2-9H,1H3. The summed E-state index contributed by atoms with van der Waals surface area (Å²) >= 11 is -0.305. The number of hydrogen-bond acceptors (Lipinski definition) is 2. The SMILES string of the molecule is Cc1ccc([Se]N2C(=O)c3ccccc3C2=O)cc1. The second kappa shape index (κ2) is 4.65. The molecule has 4 heteroatoms. The molecule has 0 unspecified atom stereocenters. The fourth-order valence-electron chi connectivity index (χ4n) is 1.95. The number of hydrogen-bond donors (Lipinski definition) is 0. The third-order valence-corrected chi connectivity index (χ3v) is 5.07. The van der Waals surface area contributed by atoms with Gasteiger partial charge in [-0.05, 0) is 0 Å². The van der Waals surface area contributed by atoms with Crippen molar-refractivity contribution >= 4 is 31.5 Å². The molecule has 0 bridgehead atoms. The third-order valence-electron chi connectivity index (χ3n) is 2.97. The number of nitrogens with zero attached hydrogens (tertiary/aromatic N) is 1. The van der Waals surface area contributed by atoms with E-state index >= 15 is 0 Å². The van der Waals surface area contributed by atoms with Crippen LogP contribution in [0.4, 0.5) is 0 Å². The summed E-state index contributed by atoms with van der Waals surface area (Å²) in [5, 5.41) is 0.